The molecule has 0 aliphatic rings. The van der Waals surface area contributed by atoms with Crippen molar-refractivity contribution in [1.82, 2.24) is 14.1 Å². The topological polar surface area (TPSA) is 73.9 Å². The second kappa shape index (κ2) is 14.4. The number of aromatic nitrogens is 3. The molecule has 8 aromatic carbocycles. The quantitative estimate of drug-likeness (QED) is 0.171. The van der Waals surface area contributed by atoms with Crippen molar-refractivity contribution >= 4 is 82.7 Å². The van der Waals surface area contributed by atoms with Crippen LogP contribution in [0, 0.1) is 6.92 Å². The van der Waals surface area contributed by atoms with Gasteiger partial charge in [-0.25, -0.2) is 0 Å². The van der Waals surface area contributed by atoms with Crippen molar-refractivity contribution in [2.45, 2.75) is 6.92 Å². The van der Waals surface area contributed by atoms with Gasteiger partial charge in [-0.3, -0.25) is 4.98 Å². The highest BCUT2D eigenvalue weighted by Crippen LogP contribution is 2.40. The molecule has 0 atom stereocenters. The standard InChI is InChI=1S/C47H31N5O.C7H8/c48-39-20-18-33(28-40(39)50-31-9-2-1-3-10-31)52-42-14-7-5-12-35(42)37-26-30(17-22-44(37)52)29-16-21-43-36(25-29)34-11-4-6-13-41(34)51(43)32-19-23-45-38(27-32)47-46(53-45)15-8-24-49-47;1-7-5-3-2-4-6-7/h1-28,50H,48H2;2-6H,1H3. The fourth-order valence-corrected chi connectivity index (χ4v) is 8.59. The van der Waals surface area contributed by atoms with E-state index in [1.54, 1.807) is 0 Å². The number of fused-ring (bicyclic) bond motifs is 9. The molecule has 0 saturated carbocycles. The Bertz CT molecular complexity index is 3540. The van der Waals surface area contributed by atoms with E-state index in [9.17, 15) is 0 Å². The van der Waals surface area contributed by atoms with E-state index in [0.29, 0.717) is 5.69 Å². The Morgan fingerprint density at radius 1 is 0.467 bits per heavy atom. The monoisotopic (exact) mass is 773 g/mol. The smallest absolute Gasteiger partial charge is 0.153 e. The maximum atomic E-state index is 6.47. The van der Waals surface area contributed by atoms with Gasteiger partial charge in [-0.1, -0.05) is 103 Å². The van der Waals surface area contributed by atoms with E-state index in [-0.39, 0.29) is 0 Å². The van der Waals surface area contributed by atoms with Gasteiger partial charge in [0, 0.05) is 50.2 Å². The molecule has 6 heteroatoms. The van der Waals surface area contributed by atoms with Gasteiger partial charge in [-0.05, 0) is 115 Å². The van der Waals surface area contributed by atoms with Crippen LogP contribution in [-0.2, 0) is 0 Å². The third-order valence-corrected chi connectivity index (χ3v) is 11.4. The van der Waals surface area contributed by atoms with Crippen LogP contribution in [0.1, 0.15) is 5.56 Å². The largest absolute Gasteiger partial charge is 0.454 e. The molecular formula is C54H39N5O. The Balaban J connectivity index is 0.000000533. The van der Waals surface area contributed by atoms with Crippen molar-refractivity contribution in [3.8, 4) is 22.5 Å². The van der Waals surface area contributed by atoms with Gasteiger partial charge in [0.25, 0.3) is 0 Å². The molecule has 4 aromatic heterocycles. The zero-order valence-electron chi connectivity index (χ0n) is 32.9. The summed E-state index contributed by atoms with van der Waals surface area (Å²) in [6.45, 7) is 2.08. The van der Waals surface area contributed by atoms with Gasteiger partial charge in [0.2, 0.25) is 0 Å². The molecule has 0 amide bonds. The lowest BCUT2D eigenvalue weighted by Crippen LogP contribution is -2.00. The summed E-state index contributed by atoms with van der Waals surface area (Å²) in [6, 6.07) is 67.8. The summed E-state index contributed by atoms with van der Waals surface area (Å²) in [4.78, 5) is 4.63. The van der Waals surface area contributed by atoms with E-state index in [0.717, 1.165) is 66.9 Å². The van der Waals surface area contributed by atoms with Gasteiger partial charge in [0.1, 0.15) is 11.1 Å². The molecule has 60 heavy (non-hydrogen) atoms. The summed E-state index contributed by atoms with van der Waals surface area (Å²) in [5.74, 6) is 0. The first-order chi connectivity index (χ1) is 29.6. The first-order valence-corrected chi connectivity index (χ1v) is 20.2. The van der Waals surface area contributed by atoms with Crippen LogP contribution in [0.2, 0.25) is 0 Å². The molecule has 0 fully saturated rings. The first kappa shape index (κ1) is 35.1. The Labute approximate surface area is 346 Å². The number of nitrogens with zero attached hydrogens (tertiary/aromatic N) is 3. The maximum Gasteiger partial charge on any atom is 0.153 e. The van der Waals surface area contributed by atoms with Crippen LogP contribution < -0.4 is 11.1 Å². The number of hydrogen-bond donors (Lipinski definition) is 2. The number of anilines is 3. The Morgan fingerprint density at radius 3 is 1.67 bits per heavy atom. The molecule has 0 bridgehead atoms. The van der Waals surface area contributed by atoms with Crippen LogP contribution in [0.3, 0.4) is 0 Å². The van der Waals surface area contributed by atoms with Gasteiger partial charge < -0.3 is 24.6 Å². The van der Waals surface area contributed by atoms with Gasteiger partial charge in [-0.15, -0.1) is 0 Å². The molecule has 0 spiro atoms. The zero-order valence-corrected chi connectivity index (χ0v) is 32.9. The van der Waals surface area contributed by atoms with E-state index in [1.807, 2.05) is 72.9 Å². The van der Waals surface area contributed by atoms with E-state index in [4.69, 9.17) is 10.2 Å². The summed E-state index contributed by atoms with van der Waals surface area (Å²) in [5.41, 5.74) is 21.9. The summed E-state index contributed by atoms with van der Waals surface area (Å²) >= 11 is 0. The minimum atomic E-state index is 0.699. The summed E-state index contributed by atoms with van der Waals surface area (Å²) in [5, 5.41) is 9.33. The molecule has 286 valence electrons. The molecule has 0 unspecified atom stereocenters. The highest BCUT2D eigenvalue weighted by atomic mass is 16.3. The van der Waals surface area contributed by atoms with Crippen LogP contribution in [0.15, 0.2) is 205 Å². The summed E-state index contributed by atoms with van der Waals surface area (Å²) in [7, 11) is 0. The lowest BCUT2D eigenvalue weighted by Gasteiger charge is -2.14. The molecule has 4 heterocycles. The third kappa shape index (κ3) is 6.01. The minimum Gasteiger partial charge on any atom is -0.454 e. The van der Waals surface area contributed by atoms with Crippen molar-refractivity contribution in [3.05, 3.63) is 206 Å². The average molecular weight is 774 g/mol. The Hall–Kier alpha value is -8.09. The van der Waals surface area contributed by atoms with E-state index < -0.39 is 0 Å². The van der Waals surface area contributed by atoms with Gasteiger partial charge >= 0.3 is 0 Å². The maximum absolute atomic E-state index is 6.47. The SMILES string of the molecule is Cc1ccccc1.Nc1ccc(-n2c3ccccc3c3cc(-c4ccc5c(c4)c4ccccc4n5-c4ccc5oc6cccnc6c5c4)ccc32)cc1Nc1ccccc1. The number of nitrogen functional groups attached to an aromatic ring is 1. The normalized spacial score (nSPS) is 11.5. The number of hydrogen-bond acceptors (Lipinski definition) is 4. The van der Waals surface area contributed by atoms with Gasteiger partial charge in [0.15, 0.2) is 5.58 Å². The van der Waals surface area contributed by atoms with Crippen LogP contribution >= 0.6 is 0 Å². The number of rotatable bonds is 5. The van der Waals surface area contributed by atoms with Crippen molar-refractivity contribution in [3.63, 3.8) is 0 Å². The van der Waals surface area contributed by atoms with Crippen LogP contribution in [-0.4, -0.2) is 14.1 Å². The van der Waals surface area contributed by atoms with Crippen LogP contribution in [0.25, 0.3) is 88.2 Å². The molecule has 0 aliphatic heterocycles. The minimum absolute atomic E-state index is 0.699. The second-order valence-corrected chi connectivity index (χ2v) is 15.2. The predicted octanol–water partition coefficient (Wildman–Crippen LogP) is 14.2. The number of pyridine rings is 1. The van der Waals surface area contributed by atoms with Gasteiger partial charge in [-0.2, -0.15) is 0 Å². The van der Waals surface area contributed by atoms with Crippen molar-refractivity contribution in [1.29, 1.82) is 0 Å². The molecule has 3 N–H and O–H groups in total. The van der Waals surface area contributed by atoms with Crippen LogP contribution in [0.5, 0.6) is 0 Å². The third-order valence-electron chi connectivity index (χ3n) is 11.4. The van der Waals surface area contributed by atoms with E-state index in [1.165, 1.54) is 38.2 Å². The number of nitrogens with one attached hydrogen (secondary N) is 1. The molecule has 0 aliphatic carbocycles. The van der Waals surface area contributed by atoms with Gasteiger partial charge in [0.05, 0.1) is 33.4 Å². The average Bonchev–Trinajstić information content (AvgIpc) is 3.95. The Morgan fingerprint density at radius 2 is 1.03 bits per heavy atom. The van der Waals surface area contributed by atoms with Crippen molar-refractivity contribution in [2.24, 2.45) is 0 Å². The molecule has 0 saturated heterocycles. The van der Waals surface area contributed by atoms with E-state index in [2.05, 4.69) is 154 Å². The number of aryl methyl sites for hydroxylation is 1. The van der Waals surface area contributed by atoms with Crippen molar-refractivity contribution in [2.75, 3.05) is 11.1 Å². The molecule has 12 rings (SSSR count). The highest BCUT2D eigenvalue weighted by Gasteiger charge is 2.18. The number of para-hydroxylation sites is 3. The van der Waals surface area contributed by atoms with Crippen LogP contribution in [0.4, 0.5) is 17.1 Å². The fraction of sp³-hybridized carbons (Fsp3) is 0.0185. The predicted molar refractivity (Wildman–Crippen MR) is 251 cm³/mol. The van der Waals surface area contributed by atoms with Crippen molar-refractivity contribution < 1.29 is 4.42 Å². The molecule has 0 radical (unpaired) electrons. The van der Waals surface area contributed by atoms with E-state index >= 15 is 0 Å². The summed E-state index contributed by atoms with van der Waals surface area (Å²) in [6.07, 6.45) is 1.82. The molecule has 6 nitrogen and oxygen atoms in total. The summed E-state index contributed by atoms with van der Waals surface area (Å²) < 4.78 is 10.8. The fourth-order valence-electron chi connectivity index (χ4n) is 8.59. The molecular weight excluding hydrogens is 735 g/mol. The number of benzene rings is 8. The lowest BCUT2D eigenvalue weighted by atomic mass is 10.0. The Kier molecular flexibility index (Phi) is 8.41. The molecule has 12 aromatic rings. The first-order valence-electron chi connectivity index (χ1n) is 20.2. The number of nitrogens with two attached hydrogens (primary N) is 1. The highest BCUT2D eigenvalue weighted by molar-refractivity contribution is 6.13. The second-order valence-electron chi connectivity index (χ2n) is 15.2. The number of furan rings is 1. The zero-order chi connectivity index (χ0) is 40.2. The lowest BCUT2D eigenvalue weighted by molar-refractivity contribution is 0.668.